The molecule has 1 aliphatic heterocycles. The molecule has 2 fully saturated rings. The van der Waals surface area contributed by atoms with E-state index in [-0.39, 0.29) is 17.7 Å². The number of hydrogen-bond acceptors (Lipinski definition) is 2. The van der Waals surface area contributed by atoms with Crippen LogP contribution in [0.4, 0.5) is 4.79 Å². The first-order valence-electron chi connectivity index (χ1n) is 3.72. The Morgan fingerprint density at radius 3 is 2.82 bits per heavy atom. The quantitative estimate of drug-likeness (QED) is 0.548. The molecular formula is C7H9NO3. The van der Waals surface area contributed by atoms with Crippen molar-refractivity contribution >= 4 is 11.9 Å². The summed E-state index contributed by atoms with van der Waals surface area (Å²) in [4.78, 5) is 22.8. The third-order valence-corrected chi connectivity index (χ3v) is 2.62. The van der Waals surface area contributed by atoms with Crippen molar-refractivity contribution in [3.63, 3.8) is 0 Å². The monoisotopic (exact) mass is 155 g/mol. The second kappa shape index (κ2) is 1.96. The molecule has 11 heavy (non-hydrogen) atoms. The van der Waals surface area contributed by atoms with E-state index in [1.165, 1.54) is 4.90 Å². The van der Waals surface area contributed by atoms with Gasteiger partial charge < -0.3 is 10.0 Å². The SMILES string of the molecule is O=C1C[C@@H]2[C@H]1CCN2C(=O)O. The molecule has 0 unspecified atom stereocenters. The zero-order valence-electron chi connectivity index (χ0n) is 5.99. The lowest BCUT2D eigenvalue weighted by atomic mass is 9.79. The standard InChI is InChI=1S/C7H9NO3/c9-6-3-5-4(6)1-2-8(5)7(10)11/h4-5H,1-3H2,(H,10,11)/t4-,5-/m1/s1. The van der Waals surface area contributed by atoms with Gasteiger partial charge in [-0.05, 0) is 6.42 Å². The van der Waals surface area contributed by atoms with Crippen molar-refractivity contribution in [1.29, 1.82) is 0 Å². The van der Waals surface area contributed by atoms with Gasteiger partial charge in [-0.15, -0.1) is 0 Å². The van der Waals surface area contributed by atoms with Crippen LogP contribution in [0.3, 0.4) is 0 Å². The average molecular weight is 155 g/mol. The second-order valence-electron chi connectivity index (χ2n) is 3.11. The first-order chi connectivity index (χ1) is 5.20. The second-order valence-corrected chi connectivity index (χ2v) is 3.11. The Morgan fingerprint density at radius 2 is 2.36 bits per heavy atom. The van der Waals surface area contributed by atoms with E-state index in [1.807, 2.05) is 0 Å². The predicted octanol–water partition coefficient (Wildman–Crippen LogP) is 0.328. The minimum atomic E-state index is -0.884. The first-order valence-corrected chi connectivity index (χ1v) is 3.72. The molecular weight excluding hydrogens is 146 g/mol. The molecule has 60 valence electrons. The van der Waals surface area contributed by atoms with E-state index >= 15 is 0 Å². The van der Waals surface area contributed by atoms with Gasteiger partial charge in [0, 0.05) is 18.9 Å². The number of Topliss-reactive ketones (excluding diaryl/α,β-unsaturated/α-hetero) is 1. The Labute approximate surface area is 63.8 Å². The Morgan fingerprint density at radius 1 is 1.64 bits per heavy atom. The van der Waals surface area contributed by atoms with Crippen LogP contribution in [-0.2, 0) is 4.79 Å². The molecule has 4 nitrogen and oxygen atoms in total. The normalized spacial score (nSPS) is 34.9. The van der Waals surface area contributed by atoms with Gasteiger partial charge in [0.2, 0.25) is 0 Å². The maximum absolute atomic E-state index is 10.9. The Balaban J connectivity index is 2.09. The van der Waals surface area contributed by atoms with Gasteiger partial charge in [0.25, 0.3) is 0 Å². The zero-order chi connectivity index (χ0) is 8.01. The number of likely N-dealkylation sites (tertiary alicyclic amines) is 1. The average Bonchev–Trinajstić information content (AvgIpc) is 2.25. The summed E-state index contributed by atoms with van der Waals surface area (Å²) in [5, 5.41) is 8.64. The van der Waals surface area contributed by atoms with Crippen LogP contribution in [-0.4, -0.2) is 34.5 Å². The van der Waals surface area contributed by atoms with Gasteiger partial charge >= 0.3 is 6.09 Å². The number of carbonyl (C=O) groups excluding carboxylic acids is 1. The molecule has 2 atom stereocenters. The molecule has 1 saturated heterocycles. The molecule has 1 saturated carbocycles. The predicted molar refractivity (Wildman–Crippen MR) is 36.2 cm³/mol. The summed E-state index contributed by atoms with van der Waals surface area (Å²) in [6, 6.07) is 0.0139. The number of amides is 1. The summed E-state index contributed by atoms with van der Waals surface area (Å²) in [5.74, 6) is 0.268. The van der Waals surface area contributed by atoms with E-state index in [0.29, 0.717) is 13.0 Å². The minimum Gasteiger partial charge on any atom is -0.465 e. The van der Waals surface area contributed by atoms with Crippen LogP contribution in [0.2, 0.25) is 0 Å². The van der Waals surface area contributed by atoms with Crippen molar-refractivity contribution in [2.45, 2.75) is 18.9 Å². The van der Waals surface area contributed by atoms with Crippen LogP contribution in [0.25, 0.3) is 0 Å². The lowest BCUT2D eigenvalue weighted by Gasteiger charge is -2.32. The molecule has 0 spiro atoms. The zero-order valence-corrected chi connectivity index (χ0v) is 5.99. The molecule has 4 heteroatoms. The molecule has 0 bridgehead atoms. The number of nitrogens with zero attached hydrogens (tertiary/aromatic N) is 1. The molecule has 0 aromatic heterocycles. The van der Waals surface area contributed by atoms with E-state index in [1.54, 1.807) is 0 Å². The summed E-state index contributed by atoms with van der Waals surface area (Å²) in [7, 11) is 0. The topological polar surface area (TPSA) is 57.6 Å². The maximum atomic E-state index is 10.9. The Kier molecular flexibility index (Phi) is 1.19. The minimum absolute atomic E-state index is 0.0139. The van der Waals surface area contributed by atoms with Crippen molar-refractivity contribution in [3.8, 4) is 0 Å². The molecule has 0 aromatic rings. The van der Waals surface area contributed by atoms with Gasteiger partial charge in [0.05, 0.1) is 6.04 Å². The molecule has 0 aromatic carbocycles. The first kappa shape index (κ1) is 6.64. The highest BCUT2D eigenvalue weighted by Gasteiger charge is 2.49. The van der Waals surface area contributed by atoms with Gasteiger partial charge in [-0.25, -0.2) is 4.79 Å². The largest absolute Gasteiger partial charge is 0.465 e. The van der Waals surface area contributed by atoms with Gasteiger partial charge in [-0.1, -0.05) is 0 Å². The number of hydrogen-bond donors (Lipinski definition) is 1. The van der Waals surface area contributed by atoms with E-state index in [4.69, 9.17) is 5.11 Å². The smallest absolute Gasteiger partial charge is 0.407 e. The third kappa shape index (κ3) is 0.751. The number of ketones is 1. The summed E-state index contributed by atoms with van der Waals surface area (Å²) in [5.41, 5.74) is 0. The van der Waals surface area contributed by atoms with Gasteiger partial charge in [-0.2, -0.15) is 0 Å². The van der Waals surface area contributed by atoms with Crippen molar-refractivity contribution in [1.82, 2.24) is 4.90 Å². The van der Waals surface area contributed by atoms with Crippen molar-refractivity contribution in [2.24, 2.45) is 5.92 Å². The van der Waals surface area contributed by atoms with Crippen molar-refractivity contribution in [3.05, 3.63) is 0 Å². The maximum Gasteiger partial charge on any atom is 0.407 e. The number of fused-ring (bicyclic) bond motifs is 1. The summed E-state index contributed by atoms with van der Waals surface area (Å²) in [6.45, 7) is 0.538. The molecule has 1 N–H and O–H groups in total. The molecule has 1 amide bonds. The third-order valence-electron chi connectivity index (χ3n) is 2.62. The van der Waals surface area contributed by atoms with Crippen LogP contribution in [0.5, 0.6) is 0 Å². The Bertz CT molecular complexity index is 226. The lowest BCUT2D eigenvalue weighted by molar-refractivity contribution is -0.131. The van der Waals surface area contributed by atoms with E-state index in [9.17, 15) is 9.59 Å². The molecule has 0 radical (unpaired) electrons. The van der Waals surface area contributed by atoms with Crippen molar-refractivity contribution in [2.75, 3.05) is 6.54 Å². The van der Waals surface area contributed by atoms with Crippen LogP contribution < -0.4 is 0 Å². The van der Waals surface area contributed by atoms with Crippen LogP contribution in [0.1, 0.15) is 12.8 Å². The summed E-state index contributed by atoms with van der Waals surface area (Å²) >= 11 is 0. The van der Waals surface area contributed by atoms with Gasteiger partial charge in [0.1, 0.15) is 5.78 Å². The summed E-state index contributed by atoms with van der Waals surface area (Å²) in [6.07, 6.45) is 0.289. The number of rotatable bonds is 0. The van der Waals surface area contributed by atoms with E-state index in [2.05, 4.69) is 0 Å². The highest BCUT2D eigenvalue weighted by Crippen LogP contribution is 2.37. The van der Waals surface area contributed by atoms with E-state index < -0.39 is 6.09 Å². The molecule has 2 rings (SSSR count). The fraction of sp³-hybridized carbons (Fsp3) is 0.714. The fourth-order valence-corrected chi connectivity index (χ4v) is 1.92. The van der Waals surface area contributed by atoms with Crippen molar-refractivity contribution < 1.29 is 14.7 Å². The lowest BCUT2D eigenvalue weighted by Crippen LogP contribution is -2.48. The van der Waals surface area contributed by atoms with E-state index in [0.717, 1.165) is 6.42 Å². The van der Waals surface area contributed by atoms with Gasteiger partial charge in [0.15, 0.2) is 0 Å². The molecule has 1 heterocycles. The van der Waals surface area contributed by atoms with Crippen LogP contribution in [0, 0.1) is 5.92 Å². The fourth-order valence-electron chi connectivity index (χ4n) is 1.92. The van der Waals surface area contributed by atoms with Gasteiger partial charge in [-0.3, -0.25) is 4.79 Å². The van der Waals surface area contributed by atoms with Crippen LogP contribution >= 0.6 is 0 Å². The number of carboxylic acid groups (broad SMARTS) is 1. The molecule has 2 aliphatic rings. The highest BCUT2D eigenvalue weighted by atomic mass is 16.4. The highest BCUT2D eigenvalue weighted by molar-refractivity contribution is 5.90. The van der Waals surface area contributed by atoms with Crippen LogP contribution in [0.15, 0.2) is 0 Å². The Hall–Kier alpha value is -1.06. The molecule has 1 aliphatic carbocycles. The number of carbonyl (C=O) groups is 2. The summed E-state index contributed by atoms with van der Waals surface area (Å²) < 4.78 is 0.